The summed E-state index contributed by atoms with van der Waals surface area (Å²) in [5, 5.41) is 5.36. The third kappa shape index (κ3) is 3.52. The van der Waals surface area contributed by atoms with Gasteiger partial charge in [0.1, 0.15) is 24.8 Å². The van der Waals surface area contributed by atoms with Gasteiger partial charge in [0.25, 0.3) is 0 Å². The van der Waals surface area contributed by atoms with Crippen LogP contribution < -0.4 is 9.80 Å². The lowest BCUT2D eigenvalue weighted by molar-refractivity contribution is 0.244. The molecule has 0 spiro atoms. The fourth-order valence-corrected chi connectivity index (χ4v) is 4.23. The van der Waals surface area contributed by atoms with Crippen LogP contribution in [-0.2, 0) is 6.54 Å². The molecule has 0 radical (unpaired) electrons. The summed E-state index contributed by atoms with van der Waals surface area (Å²) in [6, 6.07) is 6.63. The first-order valence-corrected chi connectivity index (χ1v) is 10.2. The van der Waals surface area contributed by atoms with Crippen molar-refractivity contribution in [1.82, 2.24) is 29.6 Å². The van der Waals surface area contributed by atoms with Gasteiger partial charge in [-0.3, -0.25) is 9.58 Å². The summed E-state index contributed by atoms with van der Waals surface area (Å²) in [5.41, 5.74) is 2.31. The van der Waals surface area contributed by atoms with Crippen LogP contribution in [0.15, 0.2) is 37.2 Å². The van der Waals surface area contributed by atoms with Crippen LogP contribution in [0.2, 0.25) is 0 Å². The number of rotatable bonds is 5. The fraction of sp³-hybridized carbons (Fsp3) is 0.500. The maximum Gasteiger partial charge on any atom is 0.139 e. The van der Waals surface area contributed by atoms with E-state index in [4.69, 9.17) is 0 Å². The Labute approximate surface area is 164 Å². The zero-order valence-electron chi connectivity index (χ0n) is 16.1. The molecule has 4 heterocycles. The molecular weight excluding hydrogens is 352 g/mol. The van der Waals surface area contributed by atoms with E-state index in [0.29, 0.717) is 0 Å². The molecule has 2 fully saturated rings. The van der Waals surface area contributed by atoms with Crippen LogP contribution in [-0.4, -0.2) is 75.4 Å². The molecule has 5 rings (SSSR count). The molecule has 3 aromatic rings. The van der Waals surface area contributed by atoms with Crippen LogP contribution in [0.1, 0.15) is 12.8 Å². The van der Waals surface area contributed by atoms with Gasteiger partial charge in [-0.05, 0) is 31.0 Å². The molecule has 146 valence electrons. The lowest BCUT2D eigenvalue weighted by Gasteiger charge is -2.36. The number of anilines is 2. The minimum atomic E-state index is 0.895. The lowest BCUT2D eigenvalue weighted by Crippen LogP contribution is -2.47. The van der Waals surface area contributed by atoms with E-state index in [9.17, 15) is 0 Å². The third-order valence-electron chi connectivity index (χ3n) is 5.85. The van der Waals surface area contributed by atoms with E-state index in [-0.39, 0.29) is 0 Å². The van der Waals surface area contributed by atoms with Gasteiger partial charge >= 0.3 is 0 Å². The number of aromatic nitrogens is 5. The Morgan fingerprint density at radius 3 is 2.46 bits per heavy atom. The average molecular weight is 378 g/mol. The Kier molecular flexibility index (Phi) is 4.78. The second kappa shape index (κ2) is 7.71. The first kappa shape index (κ1) is 17.4. The van der Waals surface area contributed by atoms with E-state index in [1.165, 1.54) is 23.9 Å². The Hall–Kier alpha value is -2.74. The van der Waals surface area contributed by atoms with Gasteiger partial charge in [-0.2, -0.15) is 5.10 Å². The Balaban J connectivity index is 1.28. The van der Waals surface area contributed by atoms with Crippen molar-refractivity contribution in [2.45, 2.75) is 19.4 Å². The molecule has 8 heteroatoms. The van der Waals surface area contributed by atoms with Crippen molar-refractivity contribution in [2.24, 2.45) is 0 Å². The molecule has 2 aliphatic rings. The van der Waals surface area contributed by atoms with E-state index in [1.54, 1.807) is 19.0 Å². The monoisotopic (exact) mass is 378 g/mol. The molecule has 8 nitrogen and oxygen atoms in total. The van der Waals surface area contributed by atoms with Crippen LogP contribution in [0.4, 0.5) is 11.5 Å². The number of hydrogen-bond donors (Lipinski definition) is 0. The third-order valence-corrected chi connectivity index (χ3v) is 5.85. The van der Waals surface area contributed by atoms with Gasteiger partial charge in [-0.15, -0.1) is 0 Å². The second-order valence-electron chi connectivity index (χ2n) is 7.58. The molecule has 2 aliphatic heterocycles. The summed E-state index contributed by atoms with van der Waals surface area (Å²) >= 11 is 0. The van der Waals surface area contributed by atoms with Crippen molar-refractivity contribution in [1.29, 1.82) is 0 Å². The van der Waals surface area contributed by atoms with E-state index in [0.717, 1.165) is 63.7 Å². The molecule has 0 unspecified atom stereocenters. The Morgan fingerprint density at radius 1 is 0.821 bits per heavy atom. The predicted molar refractivity (Wildman–Crippen MR) is 110 cm³/mol. The quantitative estimate of drug-likeness (QED) is 0.669. The molecule has 28 heavy (non-hydrogen) atoms. The number of hydrogen-bond acceptors (Lipinski definition) is 7. The van der Waals surface area contributed by atoms with Gasteiger partial charge in [-0.25, -0.2) is 15.0 Å². The zero-order chi connectivity index (χ0) is 18.8. The van der Waals surface area contributed by atoms with Gasteiger partial charge in [0, 0.05) is 56.9 Å². The van der Waals surface area contributed by atoms with E-state index in [1.807, 2.05) is 4.68 Å². The van der Waals surface area contributed by atoms with Crippen LogP contribution in [0.25, 0.3) is 10.9 Å². The van der Waals surface area contributed by atoms with Crippen LogP contribution in [0.3, 0.4) is 0 Å². The van der Waals surface area contributed by atoms with Crippen LogP contribution in [0, 0.1) is 0 Å². The standard InChI is InChI=1S/C20H26N8/c1-2-6-27(5-1)20-18-13-17(3-4-19(18)22-15-23-20)26-10-7-25(8-11-26)9-12-28-16-21-14-24-28/h3-4,13-16H,1-2,5-12H2. The van der Waals surface area contributed by atoms with Gasteiger partial charge in [0.15, 0.2) is 0 Å². The molecule has 2 aromatic heterocycles. The largest absolute Gasteiger partial charge is 0.369 e. The highest BCUT2D eigenvalue weighted by Gasteiger charge is 2.20. The van der Waals surface area contributed by atoms with Crippen molar-refractivity contribution in [3.63, 3.8) is 0 Å². The maximum absolute atomic E-state index is 4.61. The van der Waals surface area contributed by atoms with Crippen molar-refractivity contribution in [2.75, 3.05) is 55.6 Å². The summed E-state index contributed by atoms with van der Waals surface area (Å²) < 4.78 is 1.90. The number of nitrogens with zero attached hydrogens (tertiary/aromatic N) is 8. The topological polar surface area (TPSA) is 66.2 Å². The summed E-state index contributed by atoms with van der Waals surface area (Å²) in [7, 11) is 0. The summed E-state index contributed by atoms with van der Waals surface area (Å²) in [6.45, 7) is 8.31. The Morgan fingerprint density at radius 2 is 1.68 bits per heavy atom. The number of benzene rings is 1. The second-order valence-corrected chi connectivity index (χ2v) is 7.58. The highest BCUT2D eigenvalue weighted by molar-refractivity contribution is 5.92. The minimum absolute atomic E-state index is 0.895. The van der Waals surface area contributed by atoms with E-state index in [2.05, 4.69) is 52.9 Å². The number of fused-ring (bicyclic) bond motifs is 1. The summed E-state index contributed by atoms with van der Waals surface area (Å²) in [5.74, 6) is 1.09. The van der Waals surface area contributed by atoms with Crippen LogP contribution in [0.5, 0.6) is 0 Å². The van der Waals surface area contributed by atoms with Gasteiger partial charge in [0.05, 0.1) is 12.1 Å². The minimum Gasteiger partial charge on any atom is -0.369 e. The van der Waals surface area contributed by atoms with Gasteiger partial charge in [-0.1, -0.05) is 0 Å². The molecule has 0 saturated carbocycles. The number of piperazine rings is 1. The molecule has 0 bridgehead atoms. The smallest absolute Gasteiger partial charge is 0.139 e. The average Bonchev–Trinajstić information content (AvgIpc) is 3.46. The summed E-state index contributed by atoms with van der Waals surface area (Å²) in [6.07, 6.45) is 7.58. The maximum atomic E-state index is 4.61. The SMILES string of the molecule is c1nc(N2CCCC2)c2cc(N3CCN(CCn4cncn4)CC3)ccc2n1. The zero-order valence-corrected chi connectivity index (χ0v) is 16.1. The highest BCUT2D eigenvalue weighted by Crippen LogP contribution is 2.29. The normalized spacial score (nSPS) is 18.3. The molecule has 0 atom stereocenters. The van der Waals surface area contributed by atoms with Crippen molar-refractivity contribution in [3.05, 3.63) is 37.2 Å². The van der Waals surface area contributed by atoms with E-state index >= 15 is 0 Å². The lowest BCUT2D eigenvalue weighted by atomic mass is 10.1. The van der Waals surface area contributed by atoms with E-state index < -0.39 is 0 Å². The molecule has 2 saturated heterocycles. The predicted octanol–water partition coefficient (Wildman–Crippen LogP) is 1.64. The molecule has 0 aliphatic carbocycles. The van der Waals surface area contributed by atoms with Crippen molar-refractivity contribution < 1.29 is 0 Å². The first-order chi connectivity index (χ1) is 13.9. The molecule has 1 aromatic carbocycles. The Bertz CT molecular complexity index is 911. The van der Waals surface area contributed by atoms with Crippen LogP contribution >= 0.6 is 0 Å². The first-order valence-electron chi connectivity index (χ1n) is 10.2. The molecule has 0 amide bonds. The highest BCUT2D eigenvalue weighted by atomic mass is 15.3. The van der Waals surface area contributed by atoms with Crippen molar-refractivity contribution >= 4 is 22.4 Å². The fourth-order valence-electron chi connectivity index (χ4n) is 4.23. The van der Waals surface area contributed by atoms with Crippen molar-refractivity contribution in [3.8, 4) is 0 Å². The van der Waals surface area contributed by atoms with Gasteiger partial charge < -0.3 is 9.80 Å². The summed E-state index contributed by atoms with van der Waals surface area (Å²) in [4.78, 5) is 20.5. The molecule has 0 N–H and O–H groups in total. The molecular formula is C20H26N8. The van der Waals surface area contributed by atoms with Gasteiger partial charge in [0.2, 0.25) is 0 Å².